The van der Waals surface area contributed by atoms with Gasteiger partial charge in [-0.2, -0.15) is 0 Å². The lowest BCUT2D eigenvalue weighted by Gasteiger charge is -2.24. The molecular weight excluding hydrogens is 238 g/mol. The molecule has 0 bridgehead atoms. The first-order valence-corrected chi connectivity index (χ1v) is 7.03. The molecule has 108 valence electrons. The second kappa shape index (κ2) is 7.94. The van der Waals surface area contributed by atoms with Crippen LogP contribution in [0.4, 0.5) is 11.6 Å². The molecule has 1 atom stereocenters. The molecular formula is C14H27N5. The van der Waals surface area contributed by atoms with Crippen LogP contribution in [0, 0.1) is 5.92 Å². The number of rotatable bonds is 8. The molecule has 0 aliphatic carbocycles. The summed E-state index contributed by atoms with van der Waals surface area (Å²) >= 11 is 0. The number of aromatic nitrogens is 2. The first kappa shape index (κ1) is 15.7. The van der Waals surface area contributed by atoms with Crippen molar-refractivity contribution in [1.82, 2.24) is 9.97 Å². The highest BCUT2D eigenvalue weighted by molar-refractivity contribution is 5.48. The van der Waals surface area contributed by atoms with Crippen molar-refractivity contribution >= 4 is 11.6 Å². The van der Waals surface area contributed by atoms with Crippen LogP contribution in [-0.2, 0) is 0 Å². The van der Waals surface area contributed by atoms with Gasteiger partial charge in [0.2, 0.25) is 0 Å². The van der Waals surface area contributed by atoms with E-state index in [4.69, 9.17) is 5.73 Å². The molecule has 0 aromatic carbocycles. The van der Waals surface area contributed by atoms with Crippen LogP contribution in [-0.4, -0.2) is 36.1 Å². The van der Waals surface area contributed by atoms with E-state index in [1.54, 1.807) is 6.33 Å². The van der Waals surface area contributed by atoms with Gasteiger partial charge in [-0.1, -0.05) is 13.8 Å². The largest absolute Gasteiger partial charge is 0.370 e. The third kappa shape index (κ3) is 5.42. The lowest BCUT2D eigenvalue weighted by molar-refractivity contribution is 0.566. The smallest absolute Gasteiger partial charge is 0.134 e. The van der Waals surface area contributed by atoms with Gasteiger partial charge in [-0.3, -0.25) is 0 Å². The van der Waals surface area contributed by atoms with Crippen molar-refractivity contribution in [2.24, 2.45) is 11.7 Å². The minimum absolute atomic E-state index is 0.267. The van der Waals surface area contributed by atoms with Crippen molar-refractivity contribution in [2.45, 2.75) is 39.7 Å². The van der Waals surface area contributed by atoms with Crippen LogP contribution in [0.25, 0.3) is 0 Å². The zero-order valence-electron chi connectivity index (χ0n) is 12.6. The van der Waals surface area contributed by atoms with Gasteiger partial charge in [0.25, 0.3) is 0 Å². The van der Waals surface area contributed by atoms with Gasteiger partial charge in [0.05, 0.1) is 0 Å². The third-order valence-corrected chi connectivity index (χ3v) is 3.28. The molecule has 0 aliphatic heterocycles. The molecule has 5 nitrogen and oxygen atoms in total. The van der Waals surface area contributed by atoms with E-state index in [0.717, 1.165) is 30.5 Å². The molecule has 1 rings (SSSR count). The summed E-state index contributed by atoms with van der Waals surface area (Å²) in [5, 5.41) is 3.34. The average molecular weight is 265 g/mol. The Morgan fingerprint density at radius 3 is 2.68 bits per heavy atom. The molecule has 5 heteroatoms. The monoisotopic (exact) mass is 265 g/mol. The van der Waals surface area contributed by atoms with Crippen LogP contribution in [0.5, 0.6) is 0 Å². The molecule has 1 heterocycles. The Morgan fingerprint density at radius 1 is 1.32 bits per heavy atom. The summed E-state index contributed by atoms with van der Waals surface area (Å²) in [6.45, 7) is 8.12. The Morgan fingerprint density at radius 2 is 2.05 bits per heavy atom. The molecule has 1 unspecified atom stereocenters. The second-order valence-corrected chi connectivity index (χ2v) is 5.42. The number of nitrogens with one attached hydrogen (secondary N) is 1. The maximum atomic E-state index is 5.67. The molecule has 0 fully saturated rings. The molecule has 0 amide bonds. The lowest BCUT2D eigenvalue weighted by Crippen LogP contribution is -2.35. The zero-order valence-corrected chi connectivity index (χ0v) is 12.6. The molecule has 1 aromatic rings. The highest BCUT2D eigenvalue weighted by atomic mass is 15.2. The number of nitrogens with two attached hydrogens (primary N) is 1. The number of nitrogens with zero attached hydrogens (tertiary/aromatic N) is 3. The molecule has 19 heavy (non-hydrogen) atoms. The summed E-state index contributed by atoms with van der Waals surface area (Å²) in [5.41, 5.74) is 5.67. The summed E-state index contributed by atoms with van der Waals surface area (Å²) in [7, 11) is 2.00. The van der Waals surface area contributed by atoms with Crippen LogP contribution >= 0.6 is 0 Å². The summed E-state index contributed by atoms with van der Waals surface area (Å²) in [5.74, 6) is 2.53. The van der Waals surface area contributed by atoms with Crippen LogP contribution < -0.4 is 16.0 Å². The van der Waals surface area contributed by atoms with E-state index in [1.165, 1.54) is 6.42 Å². The third-order valence-electron chi connectivity index (χ3n) is 3.28. The second-order valence-electron chi connectivity index (χ2n) is 5.42. The van der Waals surface area contributed by atoms with Crippen molar-refractivity contribution in [2.75, 3.05) is 30.4 Å². The van der Waals surface area contributed by atoms with Gasteiger partial charge >= 0.3 is 0 Å². The summed E-state index contributed by atoms with van der Waals surface area (Å²) in [6.07, 6.45) is 3.99. The van der Waals surface area contributed by atoms with E-state index in [2.05, 4.69) is 41.0 Å². The van der Waals surface area contributed by atoms with Gasteiger partial charge in [-0.15, -0.1) is 0 Å². The average Bonchev–Trinajstić information content (AvgIpc) is 2.42. The van der Waals surface area contributed by atoms with Crippen molar-refractivity contribution in [3.05, 3.63) is 12.4 Å². The maximum Gasteiger partial charge on any atom is 0.134 e. The van der Waals surface area contributed by atoms with E-state index in [1.807, 2.05) is 13.1 Å². The Bertz CT molecular complexity index is 367. The van der Waals surface area contributed by atoms with Gasteiger partial charge in [0.1, 0.15) is 18.0 Å². The lowest BCUT2D eigenvalue weighted by atomic mass is 10.1. The molecule has 1 aromatic heterocycles. The Labute approximate surface area is 116 Å². The Hall–Kier alpha value is -1.36. The van der Waals surface area contributed by atoms with Crippen molar-refractivity contribution in [3.63, 3.8) is 0 Å². The first-order valence-electron chi connectivity index (χ1n) is 7.03. The van der Waals surface area contributed by atoms with Gasteiger partial charge in [-0.25, -0.2) is 9.97 Å². The van der Waals surface area contributed by atoms with Crippen molar-refractivity contribution < 1.29 is 0 Å². The summed E-state index contributed by atoms with van der Waals surface area (Å²) in [4.78, 5) is 10.6. The van der Waals surface area contributed by atoms with Gasteiger partial charge in [-0.05, 0) is 25.7 Å². The fourth-order valence-corrected chi connectivity index (χ4v) is 1.75. The maximum absolute atomic E-state index is 5.67. The molecule has 3 N–H and O–H groups in total. The Balaban J connectivity index is 2.52. The minimum Gasteiger partial charge on any atom is -0.370 e. The molecule has 0 radical (unpaired) electrons. The highest BCUT2D eigenvalue weighted by Gasteiger charge is 2.10. The molecule has 0 aliphatic rings. The predicted molar refractivity (Wildman–Crippen MR) is 81.5 cm³/mol. The van der Waals surface area contributed by atoms with Crippen molar-refractivity contribution in [1.29, 1.82) is 0 Å². The minimum atomic E-state index is 0.267. The van der Waals surface area contributed by atoms with Crippen LogP contribution in [0.1, 0.15) is 33.6 Å². The topological polar surface area (TPSA) is 67.1 Å². The predicted octanol–water partition coefficient (Wildman–Crippen LogP) is 2.11. The number of hydrogen-bond donors (Lipinski definition) is 2. The SMILES string of the molecule is CC(C)CCCNc1cc(N(C)C(C)CN)ncn1. The highest BCUT2D eigenvalue weighted by Crippen LogP contribution is 2.15. The summed E-state index contributed by atoms with van der Waals surface area (Å²) < 4.78 is 0. The number of likely N-dealkylation sites (N-methyl/N-ethyl adjacent to an activating group) is 1. The van der Waals surface area contributed by atoms with E-state index in [0.29, 0.717) is 6.54 Å². The van der Waals surface area contributed by atoms with Gasteiger partial charge in [0, 0.05) is 32.2 Å². The van der Waals surface area contributed by atoms with Crippen LogP contribution in [0.2, 0.25) is 0 Å². The number of anilines is 2. The zero-order chi connectivity index (χ0) is 14.3. The summed E-state index contributed by atoms with van der Waals surface area (Å²) in [6, 6.07) is 2.24. The fraction of sp³-hybridized carbons (Fsp3) is 0.714. The standard InChI is InChI=1S/C14H27N5/c1-11(2)6-5-7-16-13-8-14(18-10-17-13)19(4)12(3)9-15/h8,10-12H,5-7,9,15H2,1-4H3,(H,16,17,18). The van der Waals surface area contributed by atoms with E-state index >= 15 is 0 Å². The van der Waals surface area contributed by atoms with Crippen LogP contribution in [0.3, 0.4) is 0 Å². The van der Waals surface area contributed by atoms with Crippen LogP contribution in [0.15, 0.2) is 12.4 Å². The van der Waals surface area contributed by atoms with Gasteiger partial charge < -0.3 is 16.0 Å². The van der Waals surface area contributed by atoms with E-state index < -0.39 is 0 Å². The molecule has 0 saturated carbocycles. The van der Waals surface area contributed by atoms with E-state index in [9.17, 15) is 0 Å². The first-order chi connectivity index (χ1) is 9.04. The van der Waals surface area contributed by atoms with E-state index in [-0.39, 0.29) is 6.04 Å². The quantitative estimate of drug-likeness (QED) is 0.705. The molecule has 0 saturated heterocycles. The fourth-order valence-electron chi connectivity index (χ4n) is 1.75. The normalized spacial score (nSPS) is 12.5. The van der Waals surface area contributed by atoms with Gasteiger partial charge in [0.15, 0.2) is 0 Å². The number of hydrogen-bond acceptors (Lipinski definition) is 5. The Kier molecular flexibility index (Phi) is 6.56. The van der Waals surface area contributed by atoms with Crippen molar-refractivity contribution in [3.8, 4) is 0 Å². The molecule has 0 spiro atoms.